The quantitative estimate of drug-likeness (QED) is 0.500. The van der Waals surface area contributed by atoms with E-state index in [1.165, 1.54) is 11.6 Å². The first-order chi connectivity index (χ1) is 15.4. The Kier molecular flexibility index (Phi) is 4.78. The minimum atomic E-state index is -0.493. The third kappa shape index (κ3) is 2.85. The van der Waals surface area contributed by atoms with Crippen molar-refractivity contribution in [1.29, 1.82) is 0 Å². The van der Waals surface area contributed by atoms with Gasteiger partial charge in [-0.15, -0.1) is 0 Å². The first-order valence-electron chi connectivity index (χ1n) is 10.6. The fraction of sp³-hybridized carbons (Fsp3) is 0.280. The van der Waals surface area contributed by atoms with Crippen LogP contribution in [0, 0.1) is 0 Å². The van der Waals surface area contributed by atoms with Crippen molar-refractivity contribution in [1.82, 2.24) is 13.7 Å². The number of fused-ring (bicyclic) bond motifs is 3. The summed E-state index contributed by atoms with van der Waals surface area (Å²) in [6, 6.07) is 17.5. The number of rotatable bonds is 3. The molecule has 0 N–H and O–H groups in total. The highest BCUT2D eigenvalue weighted by Gasteiger charge is 2.36. The number of benzene rings is 2. The monoisotopic (exact) mass is 431 g/mol. The van der Waals surface area contributed by atoms with Crippen molar-refractivity contribution in [2.45, 2.75) is 25.7 Å². The van der Waals surface area contributed by atoms with Gasteiger partial charge in [0.25, 0.3) is 5.56 Å². The van der Waals surface area contributed by atoms with Crippen LogP contribution in [0.15, 0.2) is 64.2 Å². The minimum Gasteiger partial charge on any atom is -0.496 e. The molecule has 0 unspecified atom stereocenters. The molecule has 0 bridgehead atoms. The summed E-state index contributed by atoms with van der Waals surface area (Å²) < 4.78 is 16.9. The summed E-state index contributed by atoms with van der Waals surface area (Å²) in [6.45, 7) is 2.58. The maximum absolute atomic E-state index is 13.4. The van der Waals surface area contributed by atoms with E-state index < -0.39 is 6.10 Å². The third-order valence-corrected chi connectivity index (χ3v) is 6.23. The van der Waals surface area contributed by atoms with Gasteiger partial charge in [0, 0.05) is 26.2 Å². The van der Waals surface area contributed by atoms with Crippen molar-refractivity contribution in [2.24, 2.45) is 14.1 Å². The van der Waals surface area contributed by atoms with E-state index in [4.69, 9.17) is 9.47 Å². The zero-order chi connectivity index (χ0) is 22.6. The van der Waals surface area contributed by atoms with E-state index in [1.807, 2.05) is 61.5 Å². The molecule has 2 aromatic heterocycles. The first kappa shape index (κ1) is 20.3. The van der Waals surface area contributed by atoms with Crippen LogP contribution in [0.3, 0.4) is 0 Å². The fourth-order valence-electron chi connectivity index (χ4n) is 4.79. The molecule has 0 aliphatic carbocycles. The van der Waals surface area contributed by atoms with Crippen LogP contribution < -0.4 is 16.0 Å². The number of para-hydroxylation sites is 1. The molecule has 0 radical (unpaired) electrons. The molecule has 32 heavy (non-hydrogen) atoms. The fourth-order valence-corrected chi connectivity index (χ4v) is 4.79. The normalized spacial score (nSPS) is 18.0. The van der Waals surface area contributed by atoms with Gasteiger partial charge in [-0.05, 0) is 18.6 Å². The summed E-state index contributed by atoms with van der Waals surface area (Å²) in [5.74, 6) is 0.697. The standard InChI is InChI=1S/C25H25N3O4/c1-15-14-28-20(16-10-6-5-7-11-16)19-21(26(2)25(30)27(3)24(19)29)22(28)23(32-15)17-12-8-9-13-18(17)31-4/h5-13,15,23H,14H2,1-4H3/t15-,23+/m1/s1. The molecule has 3 heterocycles. The van der Waals surface area contributed by atoms with Gasteiger partial charge >= 0.3 is 5.69 Å². The van der Waals surface area contributed by atoms with E-state index in [9.17, 15) is 9.59 Å². The molecule has 1 aliphatic rings. The Balaban J connectivity index is 1.97. The van der Waals surface area contributed by atoms with E-state index in [0.29, 0.717) is 23.2 Å². The summed E-state index contributed by atoms with van der Waals surface area (Å²) in [7, 11) is 4.85. The molecule has 1 aliphatic heterocycles. The van der Waals surface area contributed by atoms with Crippen molar-refractivity contribution in [2.75, 3.05) is 7.11 Å². The molecule has 5 rings (SSSR count). The lowest BCUT2D eigenvalue weighted by Crippen LogP contribution is -2.37. The molecule has 0 saturated heterocycles. The predicted molar refractivity (Wildman–Crippen MR) is 123 cm³/mol. The van der Waals surface area contributed by atoms with E-state index in [1.54, 1.807) is 18.7 Å². The Bertz CT molecular complexity index is 1450. The van der Waals surface area contributed by atoms with E-state index in [2.05, 4.69) is 4.57 Å². The van der Waals surface area contributed by atoms with Crippen LogP contribution >= 0.6 is 0 Å². The van der Waals surface area contributed by atoms with Gasteiger partial charge in [-0.1, -0.05) is 48.5 Å². The summed E-state index contributed by atoms with van der Waals surface area (Å²) in [4.78, 5) is 26.3. The van der Waals surface area contributed by atoms with Crippen molar-refractivity contribution in [3.05, 3.63) is 86.7 Å². The van der Waals surface area contributed by atoms with E-state index in [-0.39, 0.29) is 17.4 Å². The number of methoxy groups -OCH3 is 1. The van der Waals surface area contributed by atoms with Crippen molar-refractivity contribution in [3.8, 4) is 17.0 Å². The van der Waals surface area contributed by atoms with Crippen LogP contribution in [0.4, 0.5) is 0 Å². The number of hydrogen-bond donors (Lipinski definition) is 0. The highest BCUT2D eigenvalue weighted by atomic mass is 16.5. The second kappa shape index (κ2) is 7.53. The summed E-state index contributed by atoms with van der Waals surface area (Å²) in [5, 5.41) is 0.522. The van der Waals surface area contributed by atoms with Crippen LogP contribution in [0.25, 0.3) is 22.2 Å². The topological polar surface area (TPSA) is 67.4 Å². The average molecular weight is 431 g/mol. The number of ether oxygens (including phenoxy) is 2. The SMILES string of the molecule is COc1ccccc1[C@@H]1O[C@H](C)Cn2c(-c3ccccc3)c3c(=O)n(C)c(=O)n(C)c3c21. The Labute approximate surface area is 185 Å². The van der Waals surface area contributed by atoms with Crippen LogP contribution in [0.1, 0.15) is 24.3 Å². The van der Waals surface area contributed by atoms with Crippen molar-refractivity contribution in [3.63, 3.8) is 0 Å². The summed E-state index contributed by atoms with van der Waals surface area (Å²) >= 11 is 0. The summed E-state index contributed by atoms with van der Waals surface area (Å²) in [5.41, 5.74) is 3.30. The highest BCUT2D eigenvalue weighted by Crippen LogP contribution is 2.43. The Morgan fingerprint density at radius 3 is 2.38 bits per heavy atom. The smallest absolute Gasteiger partial charge is 0.331 e. The van der Waals surface area contributed by atoms with Gasteiger partial charge < -0.3 is 14.0 Å². The van der Waals surface area contributed by atoms with Gasteiger partial charge in [0.2, 0.25) is 0 Å². The maximum Gasteiger partial charge on any atom is 0.331 e. The molecule has 7 nitrogen and oxygen atoms in total. The molecule has 164 valence electrons. The van der Waals surface area contributed by atoms with Crippen molar-refractivity contribution < 1.29 is 9.47 Å². The van der Waals surface area contributed by atoms with Gasteiger partial charge in [0.1, 0.15) is 11.9 Å². The van der Waals surface area contributed by atoms with Crippen molar-refractivity contribution >= 4 is 10.9 Å². The Morgan fingerprint density at radius 1 is 0.969 bits per heavy atom. The Morgan fingerprint density at radius 2 is 1.66 bits per heavy atom. The average Bonchev–Trinajstić information content (AvgIpc) is 3.16. The summed E-state index contributed by atoms with van der Waals surface area (Å²) in [6.07, 6.45) is -0.602. The molecule has 0 spiro atoms. The molecule has 4 aromatic rings. The van der Waals surface area contributed by atoms with Crippen LogP contribution in [-0.4, -0.2) is 26.9 Å². The number of aromatic nitrogens is 3. The van der Waals surface area contributed by atoms with Gasteiger partial charge in [-0.25, -0.2) is 4.79 Å². The van der Waals surface area contributed by atoms with Gasteiger partial charge in [0.15, 0.2) is 0 Å². The third-order valence-electron chi connectivity index (χ3n) is 6.23. The Hall–Kier alpha value is -3.58. The van der Waals surface area contributed by atoms with E-state index >= 15 is 0 Å². The zero-order valence-electron chi connectivity index (χ0n) is 18.5. The molecule has 0 amide bonds. The molecular formula is C25H25N3O4. The number of nitrogens with zero attached hydrogens (tertiary/aromatic N) is 3. The molecule has 7 heteroatoms. The molecule has 2 aromatic carbocycles. The van der Waals surface area contributed by atoms with Crippen LogP contribution in [0.2, 0.25) is 0 Å². The number of hydrogen-bond acceptors (Lipinski definition) is 4. The highest BCUT2D eigenvalue weighted by molar-refractivity contribution is 5.96. The lowest BCUT2D eigenvalue weighted by atomic mass is 10.0. The minimum absolute atomic E-state index is 0.109. The van der Waals surface area contributed by atoms with Gasteiger partial charge in [0.05, 0.1) is 35.5 Å². The lowest BCUT2D eigenvalue weighted by Gasteiger charge is -2.32. The maximum atomic E-state index is 13.4. The zero-order valence-corrected chi connectivity index (χ0v) is 18.5. The largest absolute Gasteiger partial charge is 0.496 e. The predicted octanol–water partition coefficient (Wildman–Crippen LogP) is 3.22. The molecule has 0 fully saturated rings. The molecular weight excluding hydrogens is 406 g/mol. The van der Waals surface area contributed by atoms with Crippen LogP contribution in [-0.2, 0) is 25.4 Å². The van der Waals surface area contributed by atoms with Crippen LogP contribution in [0.5, 0.6) is 5.75 Å². The van der Waals surface area contributed by atoms with Gasteiger partial charge in [-0.2, -0.15) is 0 Å². The molecule has 0 saturated carbocycles. The second-order valence-electron chi connectivity index (χ2n) is 8.21. The lowest BCUT2D eigenvalue weighted by molar-refractivity contribution is -0.0151. The molecule has 2 atom stereocenters. The van der Waals surface area contributed by atoms with Gasteiger partial charge in [-0.3, -0.25) is 13.9 Å². The number of aryl methyl sites for hydroxylation is 1. The second-order valence-corrected chi connectivity index (χ2v) is 8.21. The van der Waals surface area contributed by atoms with E-state index in [0.717, 1.165) is 22.5 Å². The first-order valence-corrected chi connectivity index (χ1v) is 10.6.